The zero-order valence-corrected chi connectivity index (χ0v) is 10.9. The smallest absolute Gasteiger partial charge is 0.326 e. The van der Waals surface area contributed by atoms with Gasteiger partial charge in [0.05, 0.1) is 6.04 Å². The predicted octanol–water partition coefficient (Wildman–Crippen LogP) is 0.504. The number of carboxylic acids is 1. The standard InChI is InChI=1S/C11H22N2O3/c1-7(2)9(12(4)5)10(14)13(6)8(3)11(15)16/h7-9H,1-6H3,(H,15,16)/t8?,9-/m0/s1. The normalized spacial score (nSPS) is 15.0. The van der Waals surface area contributed by atoms with E-state index in [4.69, 9.17) is 5.11 Å². The number of carbonyl (C=O) groups excluding carboxylic acids is 1. The Kier molecular flexibility index (Phi) is 5.44. The van der Waals surface area contributed by atoms with Crippen molar-refractivity contribution in [2.24, 2.45) is 5.92 Å². The summed E-state index contributed by atoms with van der Waals surface area (Å²) in [6, 6.07) is -1.08. The maximum absolute atomic E-state index is 12.1. The van der Waals surface area contributed by atoms with Crippen LogP contribution < -0.4 is 0 Å². The highest BCUT2D eigenvalue weighted by Gasteiger charge is 2.31. The van der Waals surface area contributed by atoms with E-state index >= 15 is 0 Å². The first-order chi connectivity index (χ1) is 7.20. The predicted molar refractivity (Wildman–Crippen MR) is 62.2 cm³/mol. The SMILES string of the molecule is CC(C)[C@@H](C(=O)N(C)C(C)C(=O)O)N(C)C. The third-order valence-corrected chi connectivity index (χ3v) is 2.73. The molecular weight excluding hydrogens is 208 g/mol. The van der Waals surface area contributed by atoms with Gasteiger partial charge in [-0.15, -0.1) is 0 Å². The topological polar surface area (TPSA) is 60.9 Å². The van der Waals surface area contributed by atoms with Gasteiger partial charge in [0.2, 0.25) is 5.91 Å². The second kappa shape index (κ2) is 5.84. The zero-order chi connectivity index (χ0) is 13.0. The van der Waals surface area contributed by atoms with Crippen LogP contribution in [0.4, 0.5) is 0 Å². The number of rotatable bonds is 5. The van der Waals surface area contributed by atoms with E-state index in [0.29, 0.717) is 0 Å². The van der Waals surface area contributed by atoms with Gasteiger partial charge in [-0.2, -0.15) is 0 Å². The number of nitrogens with zero attached hydrogens (tertiary/aromatic N) is 2. The molecule has 0 aliphatic carbocycles. The Morgan fingerprint density at radius 2 is 1.50 bits per heavy atom. The lowest BCUT2D eigenvalue weighted by Crippen LogP contribution is -2.51. The summed E-state index contributed by atoms with van der Waals surface area (Å²) in [5, 5.41) is 8.85. The minimum absolute atomic E-state index is 0.144. The number of carboxylic acid groups (broad SMARTS) is 1. The Bertz CT molecular complexity index is 256. The van der Waals surface area contributed by atoms with Crippen LogP contribution in [0, 0.1) is 5.92 Å². The first-order valence-electron chi connectivity index (χ1n) is 5.36. The van der Waals surface area contributed by atoms with Gasteiger partial charge in [-0.1, -0.05) is 13.8 Å². The van der Waals surface area contributed by atoms with Crippen molar-refractivity contribution in [1.82, 2.24) is 9.80 Å². The molecule has 0 aliphatic heterocycles. The van der Waals surface area contributed by atoms with Crippen molar-refractivity contribution in [2.45, 2.75) is 32.9 Å². The van der Waals surface area contributed by atoms with E-state index < -0.39 is 12.0 Å². The quantitative estimate of drug-likeness (QED) is 0.747. The summed E-state index contributed by atoms with van der Waals surface area (Å²) >= 11 is 0. The van der Waals surface area contributed by atoms with Crippen LogP contribution in [-0.2, 0) is 9.59 Å². The van der Waals surface area contributed by atoms with Gasteiger partial charge in [0.25, 0.3) is 0 Å². The van der Waals surface area contributed by atoms with Crippen LogP contribution in [0.25, 0.3) is 0 Å². The Hall–Kier alpha value is -1.10. The number of hydrogen-bond donors (Lipinski definition) is 1. The van der Waals surface area contributed by atoms with Gasteiger partial charge in [-0.25, -0.2) is 4.79 Å². The highest BCUT2D eigenvalue weighted by Crippen LogP contribution is 2.12. The van der Waals surface area contributed by atoms with Crippen LogP contribution in [0.15, 0.2) is 0 Å². The Balaban J connectivity index is 4.81. The molecule has 1 unspecified atom stereocenters. The molecule has 1 N–H and O–H groups in total. The van der Waals surface area contributed by atoms with Crippen LogP contribution in [0.5, 0.6) is 0 Å². The molecule has 0 bridgehead atoms. The summed E-state index contributed by atoms with van der Waals surface area (Å²) in [6.45, 7) is 5.40. The van der Waals surface area contributed by atoms with Gasteiger partial charge in [-0.05, 0) is 26.9 Å². The highest BCUT2D eigenvalue weighted by molar-refractivity contribution is 5.86. The number of carbonyl (C=O) groups is 2. The summed E-state index contributed by atoms with van der Waals surface area (Å²) < 4.78 is 0. The molecule has 0 aliphatic rings. The summed E-state index contributed by atoms with van der Waals surface area (Å²) in [4.78, 5) is 26.0. The summed E-state index contributed by atoms with van der Waals surface area (Å²) in [6.07, 6.45) is 0. The number of amides is 1. The van der Waals surface area contributed by atoms with Gasteiger partial charge in [0.1, 0.15) is 6.04 Å². The van der Waals surface area contributed by atoms with Gasteiger partial charge < -0.3 is 10.0 Å². The molecule has 0 fully saturated rings. The molecule has 0 saturated heterocycles. The number of hydrogen-bond acceptors (Lipinski definition) is 3. The summed E-state index contributed by atoms with van der Waals surface area (Å²) in [7, 11) is 5.17. The van der Waals surface area contributed by atoms with E-state index in [-0.39, 0.29) is 17.9 Å². The van der Waals surface area contributed by atoms with Crippen LogP contribution in [0.2, 0.25) is 0 Å². The minimum Gasteiger partial charge on any atom is -0.480 e. The molecule has 16 heavy (non-hydrogen) atoms. The maximum atomic E-state index is 12.1. The molecule has 0 aromatic heterocycles. The first-order valence-corrected chi connectivity index (χ1v) is 5.36. The molecular formula is C11H22N2O3. The molecule has 0 rings (SSSR count). The molecule has 1 amide bonds. The van der Waals surface area contributed by atoms with Crippen molar-refractivity contribution in [3.63, 3.8) is 0 Å². The van der Waals surface area contributed by atoms with E-state index in [0.717, 1.165) is 0 Å². The number of aliphatic carboxylic acids is 1. The third-order valence-electron chi connectivity index (χ3n) is 2.73. The third kappa shape index (κ3) is 3.48. The minimum atomic E-state index is -0.989. The van der Waals surface area contributed by atoms with E-state index in [1.54, 1.807) is 0 Å². The van der Waals surface area contributed by atoms with Crippen molar-refractivity contribution in [3.05, 3.63) is 0 Å². The zero-order valence-electron chi connectivity index (χ0n) is 10.9. The van der Waals surface area contributed by atoms with E-state index in [2.05, 4.69) is 0 Å². The monoisotopic (exact) mass is 230 g/mol. The molecule has 0 saturated carbocycles. The lowest BCUT2D eigenvalue weighted by molar-refractivity contribution is -0.150. The second-order valence-electron chi connectivity index (χ2n) is 4.62. The van der Waals surface area contributed by atoms with Crippen molar-refractivity contribution in [3.8, 4) is 0 Å². The molecule has 0 aromatic rings. The fourth-order valence-corrected chi connectivity index (χ4v) is 1.67. The van der Waals surface area contributed by atoms with Crippen LogP contribution in [-0.4, -0.2) is 60.0 Å². The van der Waals surface area contributed by atoms with Crippen molar-refractivity contribution in [1.29, 1.82) is 0 Å². The van der Waals surface area contributed by atoms with E-state index in [9.17, 15) is 9.59 Å². The molecule has 0 aromatic carbocycles. The molecule has 0 radical (unpaired) electrons. The summed E-state index contributed by atoms with van der Waals surface area (Å²) in [5.74, 6) is -1.00. The van der Waals surface area contributed by atoms with Crippen LogP contribution in [0.1, 0.15) is 20.8 Å². The average molecular weight is 230 g/mol. The van der Waals surface area contributed by atoms with Crippen LogP contribution in [0.3, 0.4) is 0 Å². The molecule has 5 nitrogen and oxygen atoms in total. The molecule has 2 atom stereocenters. The maximum Gasteiger partial charge on any atom is 0.326 e. The van der Waals surface area contributed by atoms with Gasteiger partial charge in [-0.3, -0.25) is 9.69 Å². The first kappa shape index (κ1) is 14.9. The van der Waals surface area contributed by atoms with Gasteiger partial charge >= 0.3 is 5.97 Å². The molecule has 0 spiro atoms. The lowest BCUT2D eigenvalue weighted by Gasteiger charge is -2.32. The van der Waals surface area contributed by atoms with E-state index in [1.807, 2.05) is 32.8 Å². The van der Waals surface area contributed by atoms with Crippen LogP contribution >= 0.6 is 0 Å². The van der Waals surface area contributed by atoms with E-state index in [1.165, 1.54) is 18.9 Å². The Morgan fingerprint density at radius 3 is 1.75 bits per heavy atom. The fourth-order valence-electron chi connectivity index (χ4n) is 1.67. The largest absolute Gasteiger partial charge is 0.480 e. The van der Waals surface area contributed by atoms with Gasteiger partial charge in [0, 0.05) is 7.05 Å². The highest BCUT2D eigenvalue weighted by atomic mass is 16.4. The Morgan fingerprint density at radius 1 is 1.06 bits per heavy atom. The molecule has 5 heteroatoms. The van der Waals surface area contributed by atoms with Crippen molar-refractivity contribution < 1.29 is 14.7 Å². The number of likely N-dealkylation sites (N-methyl/N-ethyl adjacent to an activating group) is 2. The molecule has 0 heterocycles. The summed E-state index contributed by atoms with van der Waals surface area (Å²) in [5.41, 5.74) is 0. The van der Waals surface area contributed by atoms with Crippen molar-refractivity contribution in [2.75, 3.05) is 21.1 Å². The second-order valence-corrected chi connectivity index (χ2v) is 4.62. The lowest BCUT2D eigenvalue weighted by atomic mass is 10.0. The van der Waals surface area contributed by atoms with Crippen molar-refractivity contribution >= 4 is 11.9 Å². The van der Waals surface area contributed by atoms with Gasteiger partial charge in [0.15, 0.2) is 0 Å². The Labute approximate surface area is 97.0 Å². The fraction of sp³-hybridized carbons (Fsp3) is 0.818. The molecule has 94 valence electrons. The average Bonchev–Trinajstić information content (AvgIpc) is 2.13.